The molecule has 0 N–H and O–H groups in total. The lowest BCUT2D eigenvalue weighted by Crippen LogP contribution is -2.35. The molecular weight excluding hydrogens is 332 g/mol. The number of Topliss-reactive ketones (excluding diaryl/α,β-unsaturated/α-hetero) is 2. The molecule has 0 saturated heterocycles. The Bertz CT molecular complexity index is 855. The summed E-state index contributed by atoms with van der Waals surface area (Å²) in [5.74, 6) is -0.718. The van der Waals surface area contributed by atoms with E-state index in [4.69, 9.17) is 11.6 Å². The van der Waals surface area contributed by atoms with Gasteiger partial charge in [-0.2, -0.15) is 0 Å². The average Bonchev–Trinajstić information content (AvgIpc) is 3.08. The zero-order valence-corrected chi connectivity index (χ0v) is 14.8. The quantitative estimate of drug-likeness (QED) is 0.576. The molecule has 2 aliphatic carbocycles. The lowest BCUT2D eigenvalue weighted by atomic mass is 9.73. The van der Waals surface area contributed by atoms with Crippen molar-refractivity contribution in [2.24, 2.45) is 11.8 Å². The van der Waals surface area contributed by atoms with E-state index in [1.165, 1.54) is 0 Å². The number of fused-ring (bicyclic) bond motifs is 2. The van der Waals surface area contributed by atoms with E-state index in [9.17, 15) is 9.59 Å². The maximum Gasteiger partial charge on any atom is 0.154 e. The lowest BCUT2D eigenvalue weighted by Gasteiger charge is -2.27. The number of rotatable bonds is 3. The van der Waals surface area contributed by atoms with Crippen LogP contribution in [0, 0.1) is 11.8 Å². The molecule has 0 aromatic heterocycles. The Kier molecular flexibility index (Phi) is 4.09. The van der Waals surface area contributed by atoms with Crippen LogP contribution in [0.3, 0.4) is 0 Å². The third kappa shape index (κ3) is 2.75. The molecule has 126 valence electrons. The number of ketones is 2. The van der Waals surface area contributed by atoms with Gasteiger partial charge in [0.2, 0.25) is 0 Å². The smallest absolute Gasteiger partial charge is 0.154 e. The second-order valence-electron chi connectivity index (χ2n) is 6.85. The zero-order chi connectivity index (χ0) is 17.6. The normalized spacial score (nSPS) is 24.8. The summed E-state index contributed by atoms with van der Waals surface area (Å²) in [6.07, 6.45) is 5.29. The first-order valence-corrected chi connectivity index (χ1v) is 9.11. The highest BCUT2D eigenvalue weighted by Crippen LogP contribution is 2.41. The summed E-state index contributed by atoms with van der Waals surface area (Å²) in [5.41, 5.74) is 3.99. The lowest BCUT2D eigenvalue weighted by molar-refractivity contribution is -0.135. The molecule has 0 spiro atoms. The molecule has 2 atom stereocenters. The molecule has 0 aliphatic heterocycles. The van der Waals surface area contributed by atoms with E-state index in [-0.39, 0.29) is 23.4 Å². The summed E-state index contributed by atoms with van der Waals surface area (Å²) in [7, 11) is 0. The molecule has 3 heteroatoms. The monoisotopic (exact) mass is 350 g/mol. The van der Waals surface area contributed by atoms with Gasteiger partial charge in [-0.05, 0) is 53.3 Å². The molecule has 1 fully saturated rings. The van der Waals surface area contributed by atoms with E-state index in [0.717, 1.165) is 28.7 Å². The number of hydrogen-bond acceptors (Lipinski definition) is 2. The maximum absolute atomic E-state index is 12.9. The highest BCUT2D eigenvalue weighted by atomic mass is 35.5. The number of benzene rings is 2. The number of aryl methyl sites for hydroxylation is 1. The van der Waals surface area contributed by atoms with E-state index in [2.05, 4.69) is 13.0 Å². The van der Waals surface area contributed by atoms with Crippen molar-refractivity contribution in [3.8, 4) is 11.1 Å². The Morgan fingerprint density at radius 1 is 0.920 bits per heavy atom. The predicted octanol–water partition coefficient (Wildman–Crippen LogP) is 5.00. The van der Waals surface area contributed by atoms with E-state index < -0.39 is 5.92 Å². The van der Waals surface area contributed by atoms with Crippen molar-refractivity contribution in [3.05, 3.63) is 70.8 Å². The Morgan fingerprint density at radius 3 is 2.12 bits per heavy atom. The van der Waals surface area contributed by atoms with Crippen LogP contribution in [-0.4, -0.2) is 11.6 Å². The highest BCUT2D eigenvalue weighted by Gasteiger charge is 2.45. The third-order valence-corrected chi connectivity index (χ3v) is 5.65. The minimum atomic E-state index is -0.624. The van der Waals surface area contributed by atoms with Gasteiger partial charge in [-0.3, -0.25) is 9.59 Å². The van der Waals surface area contributed by atoms with Crippen LogP contribution in [0.2, 0.25) is 5.02 Å². The fraction of sp³-hybridized carbons (Fsp3) is 0.273. The van der Waals surface area contributed by atoms with Crippen molar-refractivity contribution >= 4 is 23.2 Å². The van der Waals surface area contributed by atoms with Crippen LogP contribution >= 0.6 is 11.6 Å². The molecule has 0 radical (unpaired) electrons. The number of carbonyl (C=O) groups excluding carboxylic acids is 2. The Balaban J connectivity index is 1.80. The molecule has 2 aromatic rings. The molecular formula is C22H19ClO2. The molecule has 2 bridgehead atoms. The molecule has 2 unspecified atom stereocenters. The predicted molar refractivity (Wildman–Crippen MR) is 99.8 cm³/mol. The minimum absolute atomic E-state index is 0.0537. The minimum Gasteiger partial charge on any atom is -0.298 e. The van der Waals surface area contributed by atoms with Gasteiger partial charge >= 0.3 is 0 Å². The van der Waals surface area contributed by atoms with Gasteiger partial charge < -0.3 is 0 Å². The molecule has 0 amide bonds. The van der Waals surface area contributed by atoms with Crippen molar-refractivity contribution < 1.29 is 9.59 Å². The van der Waals surface area contributed by atoms with E-state index in [0.29, 0.717) is 11.4 Å². The van der Waals surface area contributed by atoms with Gasteiger partial charge in [0.05, 0.1) is 0 Å². The maximum atomic E-state index is 12.9. The largest absolute Gasteiger partial charge is 0.298 e. The molecule has 1 saturated carbocycles. The number of carbonyl (C=O) groups is 2. The summed E-state index contributed by atoms with van der Waals surface area (Å²) in [4.78, 5) is 25.7. The van der Waals surface area contributed by atoms with E-state index >= 15 is 0 Å². The standard InChI is InChI=1S/C22H19ClO2/c1-2-13-3-4-15(14-7-9-18(23)10-8-14)12-19(13)20-21(24)16-5-6-17(11-16)22(20)25/h3-10,12,16-17,20H,2,11H2,1H3. The molecule has 4 rings (SSSR count). The van der Waals surface area contributed by atoms with Gasteiger partial charge in [-0.25, -0.2) is 0 Å². The van der Waals surface area contributed by atoms with Crippen LogP contribution < -0.4 is 0 Å². The zero-order valence-electron chi connectivity index (χ0n) is 14.0. The van der Waals surface area contributed by atoms with Crippen molar-refractivity contribution in [3.63, 3.8) is 0 Å². The van der Waals surface area contributed by atoms with Crippen molar-refractivity contribution in [2.45, 2.75) is 25.7 Å². The first-order valence-electron chi connectivity index (χ1n) is 8.73. The number of allylic oxidation sites excluding steroid dienone is 2. The van der Waals surface area contributed by atoms with Gasteiger partial charge in [-0.15, -0.1) is 0 Å². The summed E-state index contributed by atoms with van der Waals surface area (Å²) < 4.78 is 0. The molecule has 0 heterocycles. The Morgan fingerprint density at radius 2 is 1.52 bits per heavy atom. The SMILES string of the molecule is CCc1ccc(-c2ccc(Cl)cc2)cc1C1C(=O)C2C=CC(C2)C1=O. The van der Waals surface area contributed by atoms with Gasteiger partial charge in [0.15, 0.2) is 11.6 Å². The van der Waals surface area contributed by atoms with E-state index in [1.54, 1.807) is 0 Å². The van der Waals surface area contributed by atoms with E-state index in [1.807, 2.05) is 48.6 Å². The fourth-order valence-corrected chi connectivity index (χ4v) is 4.13. The fourth-order valence-electron chi connectivity index (χ4n) is 4.00. The third-order valence-electron chi connectivity index (χ3n) is 5.40. The van der Waals surface area contributed by atoms with Gasteiger partial charge in [0.25, 0.3) is 0 Å². The van der Waals surface area contributed by atoms with Gasteiger partial charge in [-0.1, -0.05) is 54.9 Å². The van der Waals surface area contributed by atoms with Crippen LogP contribution in [0.4, 0.5) is 0 Å². The van der Waals surface area contributed by atoms with Crippen molar-refractivity contribution in [1.82, 2.24) is 0 Å². The summed E-state index contributed by atoms with van der Waals surface area (Å²) in [5, 5.41) is 0.689. The Hall–Kier alpha value is -2.19. The molecule has 2 aliphatic rings. The molecule has 25 heavy (non-hydrogen) atoms. The van der Waals surface area contributed by atoms with Crippen LogP contribution in [0.5, 0.6) is 0 Å². The van der Waals surface area contributed by atoms with Crippen LogP contribution in [0.15, 0.2) is 54.6 Å². The topological polar surface area (TPSA) is 34.1 Å². The summed E-state index contributed by atoms with van der Waals surface area (Å²) >= 11 is 5.98. The van der Waals surface area contributed by atoms with Crippen LogP contribution in [0.1, 0.15) is 30.4 Å². The first-order chi connectivity index (χ1) is 12.1. The van der Waals surface area contributed by atoms with Crippen molar-refractivity contribution in [2.75, 3.05) is 0 Å². The van der Waals surface area contributed by atoms with Gasteiger partial charge in [0.1, 0.15) is 5.92 Å². The van der Waals surface area contributed by atoms with Crippen LogP contribution in [-0.2, 0) is 16.0 Å². The second-order valence-corrected chi connectivity index (χ2v) is 7.28. The van der Waals surface area contributed by atoms with Gasteiger partial charge in [0, 0.05) is 16.9 Å². The summed E-state index contributed by atoms with van der Waals surface area (Å²) in [6, 6.07) is 13.7. The first kappa shape index (κ1) is 16.3. The second kappa shape index (κ2) is 6.27. The highest BCUT2D eigenvalue weighted by molar-refractivity contribution is 6.30. The Labute approximate surface area is 152 Å². The number of halogens is 1. The molecule has 2 aromatic carbocycles. The number of hydrogen-bond donors (Lipinski definition) is 0. The average molecular weight is 351 g/mol. The summed E-state index contributed by atoms with van der Waals surface area (Å²) in [6.45, 7) is 2.06. The molecule has 2 nitrogen and oxygen atoms in total. The van der Waals surface area contributed by atoms with Crippen molar-refractivity contribution in [1.29, 1.82) is 0 Å². The van der Waals surface area contributed by atoms with Crippen LogP contribution in [0.25, 0.3) is 11.1 Å².